The summed E-state index contributed by atoms with van der Waals surface area (Å²) < 4.78 is 8.52. The lowest BCUT2D eigenvalue weighted by molar-refractivity contribution is 0.0696. The molecule has 0 saturated heterocycles. The lowest BCUT2D eigenvalue weighted by atomic mass is 9.95. The highest BCUT2D eigenvalue weighted by Crippen LogP contribution is 2.37. The first-order chi connectivity index (χ1) is 20.8. The number of aryl methyl sites for hydroxylation is 1. The van der Waals surface area contributed by atoms with Crippen molar-refractivity contribution in [2.24, 2.45) is 0 Å². The van der Waals surface area contributed by atoms with Crippen molar-refractivity contribution in [2.75, 3.05) is 14.1 Å². The number of carbonyl (C=O) groups is 2. The van der Waals surface area contributed by atoms with Crippen LogP contribution in [0.15, 0.2) is 66.7 Å². The minimum Gasteiger partial charge on any atom is -0.488 e. The lowest BCUT2D eigenvalue weighted by Crippen LogP contribution is -2.21. The van der Waals surface area contributed by atoms with E-state index in [9.17, 15) is 14.7 Å². The molecule has 9 heteroatoms. The third-order valence-corrected chi connectivity index (χ3v) is 8.92. The van der Waals surface area contributed by atoms with Gasteiger partial charge >= 0.3 is 5.97 Å². The zero-order chi connectivity index (χ0) is 30.1. The van der Waals surface area contributed by atoms with Gasteiger partial charge in [0.25, 0.3) is 5.91 Å². The molecule has 8 nitrogen and oxygen atoms in total. The number of aromatic nitrogens is 3. The first-order valence-electron chi connectivity index (χ1n) is 14.6. The monoisotopic (exact) mass is 594 g/mol. The van der Waals surface area contributed by atoms with Gasteiger partial charge in [-0.2, -0.15) is 0 Å². The Morgan fingerprint density at radius 3 is 2.28 bits per heavy atom. The van der Waals surface area contributed by atoms with Crippen LogP contribution in [-0.4, -0.2) is 50.5 Å². The molecule has 5 aromatic rings. The maximum absolute atomic E-state index is 12.3. The van der Waals surface area contributed by atoms with E-state index >= 15 is 0 Å². The molecule has 1 amide bonds. The zero-order valence-corrected chi connectivity index (χ0v) is 25.4. The number of rotatable bonds is 8. The number of aromatic carboxylic acids is 1. The molecule has 2 aromatic heterocycles. The van der Waals surface area contributed by atoms with Gasteiger partial charge in [0.05, 0.1) is 32.2 Å². The number of benzene rings is 3. The van der Waals surface area contributed by atoms with Gasteiger partial charge in [0.1, 0.15) is 18.2 Å². The van der Waals surface area contributed by atoms with Crippen LogP contribution >= 0.6 is 11.3 Å². The van der Waals surface area contributed by atoms with Gasteiger partial charge in [0.2, 0.25) is 0 Å². The number of thiazole rings is 1. The van der Waals surface area contributed by atoms with Gasteiger partial charge < -0.3 is 19.3 Å². The third kappa shape index (κ3) is 5.90. The van der Waals surface area contributed by atoms with E-state index in [0.717, 1.165) is 56.6 Å². The molecule has 0 radical (unpaired) electrons. The number of carbonyl (C=O) groups excluding carboxylic acids is 1. The fraction of sp³-hybridized carbons (Fsp3) is 0.294. The van der Waals surface area contributed by atoms with Crippen LogP contribution in [0.2, 0.25) is 0 Å². The summed E-state index contributed by atoms with van der Waals surface area (Å²) in [6.07, 6.45) is 5.79. The highest BCUT2D eigenvalue weighted by Gasteiger charge is 2.23. The summed E-state index contributed by atoms with van der Waals surface area (Å²) in [7, 11) is 3.48. The van der Waals surface area contributed by atoms with Crippen molar-refractivity contribution in [3.63, 3.8) is 0 Å². The quantitative estimate of drug-likeness (QED) is 0.198. The van der Waals surface area contributed by atoms with Crippen LogP contribution in [0.25, 0.3) is 33.7 Å². The minimum absolute atomic E-state index is 0.0349. The molecular weight excluding hydrogens is 560 g/mol. The predicted octanol–water partition coefficient (Wildman–Crippen LogP) is 7.62. The van der Waals surface area contributed by atoms with E-state index in [0.29, 0.717) is 23.7 Å². The average molecular weight is 595 g/mol. The van der Waals surface area contributed by atoms with Gasteiger partial charge in [0, 0.05) is 36.8 Å². The molecular formula is C34H34N4O4S. The Hall–Kier alpha value is -4.50. The van der Waals surface area contributed by atoms with Crippen LogP contribution in [0.4, 0.5) is 0 Å². The maximum Gasteiger partial charge on any atom is 0.335 e. The molecule has 2 heterocycles. The van der Waals surface area contributed by atoms with E-state index in [2.05, 4.69) is 4.57 Å². The number of carboxylic acid groups (broad SMARTS) is 1. The average Bonchev–Trinajstić information content (AvgIpc) is 3.60. The number of hydrogen-bond donors (Lipinski definition) is 1. The Bertz CT molecular complexity index is 1780. The smallest absolute Gasteiger partial charge is 0.335 e. The summed E-state index contributed by atoms with van der Waals surface area (Å²) in [4.78, 5) is 36.1. The number of hydrogen-bond acceptors (Lipinski definition) is 6. The molecule has 0 spiro atoms. The number of amides is 1. The van der Waals surface area contributed by atoms with Crippen LogP contribution in [-0.2, 0) is 6.61 Å². The minimum atomic E-state index is -0.951. The summed E-state index contributed by atoms with van der Waals surface area (Å²) in [6, 6.07) is 21.0. The van der Waals surface area contributed by atoms with Crippen LogP contribution in [0.3, 0.4) is 0 Å². The van der Waals surface area contributed by atoms with Gasteiger partial charge in [-0.1, -0.05) is 31.4 Å². The van der Waals surface area contributed by atoms with Crippen molar-refractivity contribution >= 4 is 34.2 Å². The highest BCUT2D eigenvalue weighted by molar-refractivity contribution is 7.12. The van der Waals surface area contributed by atoms with Gasteiger partial charge in [-0.3, -0.25) is 4.79 Å². The molecule has 1 aliphatic carbocycles. The Kier molecular flexibility index (Phi) is 7.99. The van der Waals surface area contributed by atoms with Gasteiger partial charge in [-0.15, -0.1) is 11.3 Å². The van der Waals surface area contributed by atoms with Crippen LogP contribution in [0.5, 0.6) is 5.75 Å². The summed E-state index contributed by atoms with van der Waals surface area (Å²) >= 11 is 1.60. The fourth-order valence-corrected chi connectivity index (χ4v) is 6.69. The molecule has 6 rings (SSSR count). The second-order valence-electron chi connectivity index (χ2n) is 11.2. The fourth-order valence-electron chi connectivity index (χ4n) is 5.81. The van der Waals surface area contributed by atoms with Crippen LogP contribution < -0.4 is 4.74 Å². The number of nitrogens with zero attached hydrogens (tertiary/aromatic N) is 4. The molecule has 0 unspecified atom stereocenters. The predicted molar refractivity (Wildman–Crippen MR) is 169 cm³/mol. The standard InChI is InChI=1S/C34H34N4O4S/c1-21-35-31(22-9-11-24(12-10-22)33(39)37(2)3)30(43-21)20-42-27-16-13-23(14-17-27)32-36-28-19-25(34(40)41)15-18-29(28)38(32)26-7-5-4-6-8-26/h9-19,26H,4-8,20H2,1-3H3,(H,40,41). The first-order valence-corrected chi connectivity index (χ1v) is 15.4. The molecule has 1 N–H and O–H groups in total. The van der Waals surface area contributed by atoms with Crippen molar-refractivity contribution in [2.45, 2.75) is 51.7 Å². The van der Waals surface area contributed by atoms with Crippen molar-refractivity contribution in [3.05, 3.63) is 87.7 Å². The van der Waals surface area contributed by atoms with Crippen LogP contribution in [0.1, 0.15) is 68.7 Å². The zero-order valence-electron chi connectivity index (χ0n) is 24.5. The SMILES string of the molecule is Cc1nc(-c2ccc(C(=O)N(C)C)cc2)c(COc2ccc(-c3nc4cc(C(=O)O)ccc4n3C3CCCCC3)cc2)s1. The molecule has 0 atom stereocenters. The largest absolute Gasteiger partial charge is 0.488 e. The summed E-state index contributed by atoms with van der Waals surface area (Å²) in [5.41, 5.74) is 5.33. The van der Waals surface area contributed by atoms with E-state index in [1.807, 2.05) is 61.5 Å². The first kappa shape index (κ1) is 28.6. The molecule has 220 valence electrons. The molecule has 3 aromatic carbocycles. The van der Waals surface area contributed by atoms with Crippen LogP contribution in [0, 0.1) is 6.92 Å². The second-order valence-corrected chi connectivity index (χ2v) is 12.5. The van der Waals surface area contributed by atoms with Crippen molar-refractivity contribution in [1.29, 1.82) is 0 Å². The van der Waals surface area contributed by atoms with Gasteiger partial charge in [-0.25, -0.2) is 14.8 Å². The van der Waals surface area contributed by atoms with Crippen molar-refractivity contribution < 1.29 is 19.4 Å². The Balaban J connectivity index is 1.24. The van der Waals surface area contributed by atoms with Crippen molar-refractivity contribution in [3.8, 4) is 28.4 Å². The summed E-state index contributed by atoms with van der Waals surface area (Å²) in [6.45, 7) is 2.35. The third-order valence-electron chi connectivity index (χ3n) is 7.97. The molecule has 1 aliphatic rings. The molecule has 0 aliphatic heterocycles. The van der Waals surface area contributed by atoms with E-state index < -0.39 is 5.97 Å². The van der Waals surface area contributed by atoms with E-state index in [-0.39, 0.29) is 11.5 Å². The number of ether oxygens (including phenoxy) is 1. The van der Waals surface area contributed by atoms with Gasteiger partial charge in [-0.05, 0) is 74.4 Å². The Morgan fingerprint density at radius 1 is 0.930 bits per heavy atom. The molecule has 1 saturated carbocycles. The second kappa shape index (κ2) is 12.0. The number of carboxylic acids is 1. The number of imidazole rings is 1. The Labute approximate surface area is 254 Å². The molecule has 1 fully saturated rings. The lowest BCUT2D eigenvalue weighted by Gasteiger charge is -2.25. The topological polar surface area (TPSA) is 97.6 Å². The molecule has 43 heavy (non-hydrogen) atoms. The Morgan fingerprint density at radius 2 is 1.60 bits per heavy atom. The summed E-state index contributed by atoms with van der Waals surface area (Å²) in [5.74, 6) is 0.606. The van der Waals surface area contributed by atoms with E-state index in [1.54, 1.807) is 42.5 Å². The number of fused-ring (bicyclic) bond motifs is 1. The normalized spacial score (nSPS) is 13.7. The highest BCUT2D eigenvalue weighted by atomic mass is 32.1. The van der Waals surface area contributed by atoms with Crippen molar-refractivity contribution in [1.82, 2.24) is 19.4 Å². The maximum atomic E-state index is 12.3. The van der Waals surface area contributed by atoms with Gasteiger partial charge in [0.15, 0.2) is 0 Å². The summed E-state index contributed by atoms with van der Waals surface area (Å²) in [5, 5.41) is 10.5. The van der Waals surface area contributed by atoms with E-state index in [1.165, 1.54) is 19.3 Å². The molecule has 0 bridgehead atoms. The van der Waals surface area contributed by atoms with E-state index in [4.69, 9.17) is 14.7 Å².